The summed E-state index contributed by atoms with van der Waals surface area (Å²) in [6, 6.07) is 4.19. The van der Waals surface area contributed by atoms with E-state index < -0.39 is 63.3 Å². The number of aliphatic hydroxyl groups excluding tert-OH is 6. The van der Waals surface area contributed by atoms with Gasteiger partial charge in [-0.3, -0.25) is 4.55 Å². The van der Waals surface area contributed by atoms with Gasteiger partial charge in [0.2, 0.25) is 10.0 Å². The van der Waals surface area contributed by atoms with Crippen LogP contribution >= 0.6 is 0 Å². The van der Waals surface area contributed by atoms with E-state index in [0.29, 0.717) is 0 Å². The topological polar surface area (TPSA) is 234 Å². The van der Waals surface area contributed by atoms with E-state index in [-0.39, 0.29) is 40.1 Å². The van der Waals surface area contributed by atoms with Crippen LogP contribution in [0, 0.1) is 0 Å². The quantitative estimate of drug-likeness (QED) is 0.0835. The van der Waals surface area contributed by atoms with E-state index in [1.54, 1.807) is 0 Å². The Morgan fingerprint density at radius 3 is 1.79 bits per heavy atom. The molecule has 16 heteroatoms. The Labute approximate surface area is 189 Å². The summed E-state index contributed by atoms with van der Waals surface area (Å²) in [5, 5.41) is 56.0. The minimum absolute atomic E-state index is 0. The van der Waals surface area contributed by atoms with Crippen LogP contribution in [0.1, 0.15) is 0 Å². The third kappa shape index (κ3) is 7.98. The van der Waals surface area contributed by atoms with Gasteiger partial charge in [0.05, 0.1) is 11.5 Å². The maximum absolute atomic E-state index is 11.7. The molecule has 1 aromatic carbocycles. The van der Waals surface area contributed by atoms with E-state index in [1.807, 2.05) is 4.72 Å². The van der Waals surface area contributed by atoms with Crippen molar-refractivity contribution in [2.24, 2.45) is 0 Å². The van der Waals surface area contributed by atoms with Crippen molar-refractivity contribution in [1.29, 1.82) is 0 Å². The third-order valence-corrected chi connectivity index (χ3v) is 6.08. The van der Waals surface area contributed by atoms with Gasteiger partial charge < -0.3 is 36.0 Å². The standard InChI is InChI=1S/C13H22N2O11S2.Na/c16-5-9(18)10(19)11(20)12(21)13(28(24,25)26)15-7-1-3-8(4-2-7)27(22,23)14-6-17;/h1-4,9-21H,5-6H2,(H,24,25,26);/q;+1. The molecule has 0 spiro atoms. The Morgan fingerprint density at radius 2 is 1.38 bits per heavy atom. The fourth-order valence-corrected chi connectivity index (χ4v) is 3.75. The summed E-state index contributed by atoms with van der Waals surface area (Å²) < 4.78 is 57.6. The van der Waals surface area contributed by atoms with Crippen molar-refractivity contribution in [2.45, 2.75) is 34.7 Å². The van der Waals surface area contributed by atoms with Crippen LogP contribution in [-0.2, 0) is 20.1 Å². The first-order chi connectivity index (χ1) is 12.8. The zero-order valence-electron chi connectivity index (χ0n) is 15.2. The van der Waals surface area contributed by atoms with Gasteiger partial charge >= 0.3 is 29.6 Å². The van der Waals surface area contributed by atoms with Gasteiger partial charge in [0.1, 0.15) is 31.1 Å². The predicted molar refractivity (Wildman–Crippen MR) is 93.9 cm³/mol. The normalized spacial score (nSPS) is 17.5. The van der Waals surface area contributed by atoms with E-state index in [4.69, 9.17) is 10.2 Å². The van der Waals surface area contributed by atoms with E-state index in [1.165, 1.54) is 0 Å². The Hall–Kier alpha value is -0.400. The molecule has 5 atom stereocenters. The average Bonchev–Trinajstić information content (AvgIpc) is 2.63. The molecular formula is C13H22N2NaO11S2+. The number of hydrogen-bond donors (Lipinski definition) is 9. The second-order valence-corrected chi connectivity index (χ2v) is 8.94. The second kappa shape index (κ2) is 11.8. The molecule has 0 radical (unpaired) electrons. The number of aliphatic hydroxyl groups is 6. The zero-order valence-corrected chi connectivity index (χ0v) is 18.8. The number of nitrogens with one attached hydrogen (secondary N) is 2. The molecule has 1 rings (SSSR count). The number of rotatable bonds is 11. The van der Waals surface area contributed by atoms with Gasteiger partial charge in [0.25, 0.3) is 10.1 Å². The molecule has 13 nitrogen and oxygen atoms in total. The van der Waals surface area contributed by atoms with Crippen molar-refractivity contribution < 1.29 is 81.6 Å². The molecule has 5 unspecified atom stereocenters. The van der Waals surface area contributed by atoms with E-state index >= 15 is 0 Å². The molecule has 0 saturated heterocycles. The molecule has 0 aliphatic heterocycles. The Kier molecular flexibility index (Phi) is 11.7. The Balaban J connectivity index is 0.00000784. The Bertz CT molecular complexity index is 835. The molecule has 0 aliphatic carbocycles. The molecule has 0 heterocycles. The van der Waals surface area contributed by atoms with Gasteiger partial charge in [-0.25, -0.2) is 8.42 Å². The smallest absolute Gasteiger partial charge is 0.394 e. The molecular weight excluding hydrogens is 447 g/mol. The maximum Gasteiger partial charge on any atom is 1.00 e. The van der Waals surface area contributed by atoms with Crippen molar-refractivity contribution in [1.82, 2.24) is 4.72 Å². The molecule has 0 bridgehead atoms. The van der Waals surface area contributed by atoms with Crippen LogP contribution in [0.15, 0.2) is 29.2 Å². The minimum Gasteiger partial charge on any atom is -0.394 e. The first kappa shape index (κ1) is 28.6. The summed E-state index contributed by atoms with van der Waals surface area (Å²) in [5.41, 5.74) is -0.103. The van der Waals surface area contributed by atoms with E-state index in [9.17, 15) is 41.8 Å². The monoisotopic (exact) mass is 469 g/mol. The number of anilines is 1. The predicted octanol–water partition coefficient (Wildman–Crippen LogP) is -7.02. The molecule has 0 aromatic heterocycles. The molecule has 162 valence electrons. The van der Waals surface area contributed by atoms with Crippen molar-refractivity contribution in [3.63, 3.8) is 0 Å². The van der Waals surface area contributed by atoms with Gasteiger partial charge in [0.15, 0.2) is 5.37 Å². The zero-order chi connectivity index (χ0) is 21.7. The minimum atomic E-state index is -5.06. The van der Waals surface area contributed by atoms with Crippen LogP contribution < -0.4 is 39.6 Å². The molecule has 0 amide bonds. The van der Waals surface area contributed by atoms with Gasteiger partial charge in [-0.2, -0.15) is 13.1 Å². The van der Waals surface area contributed by atoms with Crippen LogP contribution in [0.4, 0.5) is 5.69 Å². The first-order valence-electron chi connectivity index (χ1n) is 7.61. The molecule has 0 fully saturated rings. The van der Waals surface area contributed by atoms with E-state index in [2.05, 4.69) is 5.32 Å². The van der Waals surface area contributed by atoms with Crippen LogP contribution in [0.2, 0.25) is 0 Å². The molecule has 0 aliphatic rings. The first-order valence-corrected chi connectivity index (χ1v) is 10.6. The van der Waals surface area contributed by atoms with Gasteiger partial charge in [-0.1, -0.05) is 0 Å². The van der Waals surface area contributed by atoms with Gasteiger partial charge in [0, 0.05) is 5.69 Å². The fourth-order valence-electron chi connectivity index (χ4n) is 2.12. The van der Waals surface area contributed by atoms with Crippen LogP contribution in [0.5, 0.6) is 0 Å². The maximum atomic E-state index is 11.7. The van der Waals surface area contributed by atoms with Crippen molar-refractivity contribution in [3.05, 3.63) is 24.3 Å². The molecule has 1 aromatic rings. The number of hydrogen-bond acceptors (Lipinski definition) is 11. The van der Waals surface area contributed by atoms with Crippen molar-refractivity contribution in [3.8, 4) is 0 Å². The largest absolute Gasteiger partial charge is 1.00 e. The third-order valence-electron chi connectivity index (χ3n) is 3.64. The van der Waals surface area contributed by atoms with Gasteiger partial charge in [-0.15, -0.1) is 0 Å². The van der Waals surface area contributed by atoms with E-state index in [0.717, 1.165) is 24.3 Å². The summed E-state index contributed by atoms with van der Waals surface area (Å²) in [5.74, 6) is 0. The fraction of sp³-hybridized carbons (Fsp3) is 0.538. The van der Waals surface area contributed by atoms with Crippen LogP contribution in [-0.4, -0.2) is 95.2 Å². The van der Waals surface area contributed by atoms with Crippen LogP contribution in [0.25, 0.3) is 0 Å². The number of benzene rings is 1. The van der Waals surface area contributed by atoms with Crippen molar-refractivity contribution in [2.75, 3.05) is 18.7 Å². The molecule has 29 heavy (non-hydrogen) atoms. The second-order valence-electron chi connectivity index (χ2n) is 5.63. The van der Waals surface area contributed by atoms with Crippen molar-refractivity contribution >= 4 is 25.8 Å². The van der Waals surface area contributed by atoms with Gasteiger partial charge in [-0.05, 0) is 24.3 Å². The summed E-state index contributed by atoms with van der Waals surface area (Å²) in [4.78, 5) is -0.280. The molecule has 9 N–H and O–H groups in total. The number of sulfonamides is 1. The summed E-state index contributed by atoms with van der Waals surface area (Å²) >= 11 is 0. The molecule has 0 saturated carbocycles. The van der Waals surface area contributed by atoms with Crippen LogP contribution in [0.3, 0.4) is 0 Å². The summed E-state index contributed by atoms with van der Waals surface area (Å²) in [7, 11) is -9.07. The SMILES string of the molecule is O=S(=O)(NCO)c1ccc(NC(C(O)C(O)C(O)C(O)CO)S(=O)(=O)O)cc1.[Na+]. The Morgan fingerprint density at radius 1 is 0.862 bits per heavy atom. The summed E-state index contributed by atoms with van der Waals surface area (Å²) in [6.45, 7) is -1.84. The average molecular weight is 469 g/mol. The summed E-state index contributed by atoms with van der Waals surface area (Å²) in [6.07, 6.45) is -8.67.